The Bertz CT molecular complexity index is 779. The Morgan fingerprint density at radius 1 is 1.04 bits per heavy atom. The molecule has 2 rings (SSSR count). The minimum atomic E-state index is -0.530. The first-order valence-electron chi connectivity index (χ1n) is 9.74. The van der Waals surface area contributed by atoms with Crippen molar-refractivity contribution in [2.75, 3.05) is 5.75 Å². The van der Waals surface area contributed by atoms with Crippen LogP contribution in [0.4, 0.5) is 0 Å². The van der Waals surface area contributed by atoms with Crippen LogP contribution in [-0.2, 0) is 16.1 Å². The van der Waals surface area contributed by atoms with E-state index in [1.807, 2.05) is 75.4 Å². The lowest BCUT2D eigenvalue weighted by Gasteiger charge is -2.30. The SMILES string of the molecule is CC[C@@H](C)NC(=O)[C@H](C)N(Cc1ccccc1C)C(=O)CSc1ccccc1. The van der Waals surface area contributed by atoms with Crippen molar-refractivity contribution in [2.45, 2.75) is 57.6 Å². The predicted octanol–water partition coefficient (Wildman–Crippen LogP) is 4.42. The summed E-state index contributed by atoms with van der Waals surface area (Å²) in [5, 5.41) is 3.00. The topological polar surface area (TPSA) is 49.4 Å². The Kier molecular flexibility index (Phi) is 8.58. The lowest BCUT2D eigenvalue weighted by atomic mass is 10.1. The molecule has 2 amide bonds. The van der Waals surface area contributed by atoms with Gasteiger partial charge in [0.25, 0.3) is 0 Å². The Hall–Kier alpha value is -2.27. The van der Waals surface area contributed by atoms with Gasteiger partial charge in [0.2, 0.25) is 11.8 Å². The number of hydrogen-bond donors (Lipinski definition) is 1. The van der Waals surface area contributed by atoms with E-state index < -0.39 is 6.04 Å². The van der Waals surface area contributed by atoms with Gasteiger partial charge in [-0.1, -0.05) is 49.4 Å². The number of nitrogens with one attached hydrogen (secondary N) is 1. The van der Waals surface area contributed by atoms with Gasteiger partial charge in [0.1, 0.15) is 6.04 Å². The first-order chi connectivity index (χ1) is 13.4. The normalized spacial score (nSPS) is 12.9. The maximum absolute atomic E-state index is 13.1. The van der Waals surface area contributed by atoms with E-state index in [2.05, 4.69) is 5.32 Å². The molecule has 0 saturated carbocycles. The number of thioether (sulfide) groups is 1. The van der Waals surface area contributed by atoms with Crippen molar-refractivity contribution < 1.29 is 9.59 Å². The second-order valence-electron chi connectivity index (χ2n) is 7.04. The summed E-state index contributed by atoms with van der Waals surface area (Å²) in [6, 6.07) is 17.4. The molecule has 0 bridgehead atoms. The van der Waals surface area contributed by atoms with Crippen LogP contribution < -0.4 is 5.32 Å². The summed E-state index contributed by atoms with van der Waals surface area (Å²) in [4.78, 5) is 28.5. The Balaban J connectivity index is 2.15. The molecular weight excluding hydrogens is 368 g/mol. The molecule has 0 aliphatic carbocycles. The number of hydrogen-bond acceptors (Lipinski definition) is 3. The van der Waals surface area contributed by atoms with E-state index in [1.54, 1.807) is 11.8 Å². The molecule has 0 aliphatic rings. The largest absolute Gasteiger partial charge is 0.352 e. The van der Waals surface area contributed by atoms with Crippen molar-refractivity contribution in [2.24, 2.45) is 0 Å². The standard InChI is InChI=1S/C23H30N2O2S/c1-5-18(3)24-23(27)19(4)25(15-20-12-10-9-11-17(20)2)22(26)16-28-21-13-7-6-8-14-21/h6-14,18-19H,5,15-16H2,1-4H3,(H,24,27)/t18-,19+/m1/s1. The highest BCUT2D eigenvalue weighted by Gasteiger charge is 2.27. The van der Waals surface area contributed by atoms with Gasteiger partial charge in [-0.3, -0.25) is 9.59 Å². The molecule has 5 heteroatoms. The number of benzene rings is 2. The van der Waals surface area contributed by atoms with Gasteiger partial charge in [-0.05, 0) is 50.5 Å². The Morgan fingerprint density at radius 3 is 2.32 bits per heavy atom. The van der Waals surface area contributed by atoms with Crippen LogP contribution in [0.15, 0.2) is 59.5 Å². The first-order valence-corrected chi connectivity index (χ1v) is 10.7. The number of nitrogens with zero attached hydrogens (tertiary/aromatic N) is 1. The van der Waals surface area contributed by atoms with Crippen LogP contribution in [0.3, 0.4) is 0 Å². The molecule has 28 heavy (non-hydrogen) atoms. The van der Waals surface area contributed by atoms with Crippen molar-refractivity contribution in [3.05, 3.63) is 65.7 Å². The summed E-state index contributed by atoms with van der Waals surface area (Å²) in [5.41, 5.74) is 2.18. The van der Waals surface area contributed by atoms with Crippen molar-refractivity contribution >= 4 is 23.6 Å². The van der Waals surface area contributed by atoms with Gasteiger partial charge in [0, 0.05) is 17.5 Å². The molecule has 0 saturated heterocycles. The minimum Gasteiger partial charge on any atom is -0.352 e. The summed E-state index contributed by atoms with van der Waals surface area (Å²) in [7, 11) is 0. The molecule has 1 N–H and O–H groups in total. The number of rotatable bonds is 9. The van der Waals surface area contributed by atoms with Crippen LogP contribution in [0.25, 0.3) is 0 Å². The highest BCUT2D eigenvalue weighted by molar-refractivity contribution is 8.00. The van der Waals surface area contributed by atoms with Gasteiger partial charge in [0.15, 0.2) is 0 Å². The smallest absolute Gasteiger partial charge is 0.242 e. The van der Waals surface area contributed by atoms with Crippen LogP contribution in [0.5, 0.6) is 0 Å². The molecule has 2 aromatic rings. The zero-order valence-corrected chi connectivity index (χ0v) is 18.0. The molecular formula is C23H30N2O2S. The van der Waals surface area contributed by atoms with Crippen molar-refractivity contribution in [3.8, 4) is 0 Å². The number of amides is 2. The molecule has 0 aromatic heterocycles. The summed E-state index contributed by atoms with van der Waals surface area (Å²) >= 11 is 1.50. The van der Waals surface area contributed by atoms with E-state index in [-0.39, 0.29) is 17.9 Å². The molecule has 0 radical (unpaired) electrons. The van der Waals surface area contributed by atoms with E-state index in [1.165, 1.54) is 11.8 Å². The highest BCUT2D eigenvalue weighted by Crippen LogP contribution is 2.20. The van der Waals surface area contributed by atoms with Gasteiger partial charge >= 0.3 is 0 Å². The van der Waals surface area contributed by atoms with E-state index in [0.717, 1.165) is 22.4 Å². The van der Waals surface area contributed by atoms with Crippen molar-refractivity contribution in [1.82, 2.24) is 10.2 Å². The average molecular weight is 399 g/mol. The molecule has 0 aliphatic heterocycles. The molecule has 0 spiro atoms. The lowest BCUT2D eigenvalue weighted by molar-refractivity contribution is -0.138. The summed E-state index contributed by atoms with van der Waals surface area (Å²) in [6.07, 6.45) is 0.855. The lowest BCUT2D eigenvalue weighted by Crippen LogP contribution is -2.50. The van der Waals surface area contributed by atoms with Gasteiger partial charge < -0.3 is 10.2 Å². The van der Waals surface area contributed by atoms with Crippen LogP contribution in [-0.4, -0.2) is 34.6 Å². The zero-order chi connectivity index (χ0) is 20.5. The van der Waals surface area contributed by atoms with E-state index in [4.69, 9.17) is 0 Å². The highest BCUT2D eigenvalue weighted by atomic mass is 32.2. The Morgan fingerprint density at radius 2 is 1.68 bits per heavy atom. The molecule has 150 valence electrons. The minimum absolute atomic E-state index is 0.0380. The fraction of sp³-hybridized carbons (Fsp3) is 0.391. The van der Waals surface area contributed by atoms with E-state index in [9.17, 15) is 9.59 Å². The second kappa shape index (κ2) is 10.9. The maximum atomic E-state index is 13.1. The van der Waals surface area contributed by atoms with Crippen LogP contribution in [0, 0.1) is 6.92 Å². The summed E-state index contributed by atoms with van der Waals surface area (Å²) in [6.45, 7) is 8.27. The quantitative estimate of drug-likeness (QED) is 0.636. The average Bonchev–Trinajstić information content (AvgIpc) is 2.71. The van der Waals surface area contributed by atoms with Gasteiger partial charge in [-0.15, -0.1) is 11.8 Å². The van der Waals surface area contributed by atoms with Crippen molar-refractivity contribution in [3.63, 3.8) is 0 Å². The third-order valence-electron chi connectivity index (χ3n) is 4.88. The third-order valence-corrected chi connectivity index (χ3v) is 5.87. The van der Waals surface area contributed by atoms with Crippen molar-refractivity contribution in [1.29, 1.82) is 0 Å². The number of carbonyl (C=O) groups excluding carboxylic acids is 2. The summed E-state index contributed by atoms with van der Waals surface area (Å²) < 4.78 is 0. The zero-order valence-electron chi connectivity index (χ0n) is 17.1. The molecule has 0 heterocycles. The van der Waals surface area contributed by atoms with E-state index >= 15 is 0 Å². The van der Waals surface area contributed by atoms with Gasteiger partial charge in [-0.2, -0.15) is 0 Å². The van der Waals surface area contributed by atoms with Crippen LogP contribution in [0.1, 0.15) is 38.3 Å². The fourth-order valence-electron chi connectivity index (χ4n) is 2.76. The Labute approximate surface area is 172 Å². The molecule has 0 fully saturated rings. The maximum Gasteiger partial charge on any atom is 0.242 e. The van der Waals surface area contributed by atoms with Gasteiger partial charge in [0.05, 0.1) is 5.75 Å². The first kappa shape index (κ1) is 22.0. The molecule has 2 aromatic carbocycles. The monoisotopic (exact) mass is 398 g/mol. The van der Waals surface area contributed by atoms with Gasteiger partial charge in [-0.25, -0.2) is 0 Å². The number of aryl methyl sites for hydroxylation is 1. The second-order valence-corrected chi connectivity index (χ2v) is 8.09. The molecule has 0 unspecified atom stereocenters. The number of carbonyl (C=O) groups is 2. The predicted molar refractivity (Wildman–Crippen MR) is 116 cm³/mol. The van der Waals surface area contributed by atoms with E-state index in [0.29, 0.717) is 12.3 Å². The summed E-state index contributed by atoms with van der Waals surface area (Å²) in [5.74, 6) is 0.154. The fourth-order valence-corrected chi connectivity index (χ4v) is 3.57. The van der Waals surface area contributed by atoms with Crippen LogP contribution in [0.2, 0.25) is 0 Å². The third kappa shape index (κ3) is 6.41. The molecule has 2 atom stereocenters. The van der Waals surface area contributed by atoms with Crippen LogP contribution >= 0.6 is 11.8 Å². The molecule has 4 nitrogen and oxygen atoms in total.